The minimum Gasteiger partial charge on any atom is -0.493 e. The van der Waals surface area contributed by atoms with Gasteiger partial charge in [0, 0.05) is 18.7 Å². The summed E-state index contributed by atoms with van der Waals surface area (Å²) in [6, 6.07) is 9.59. The molecular formula is C17H20N4O2. The van der Waals surface area contributed by atoms with Crippen LogP contribution in [0.25, 0.3) is 0 Å². The molecule has 0 radical (unpaired) electrons. The molecule has 0 saturated carbocycles. The van der Waals surface area contributed by atoms with Gasteiger partial charge >= 0.3 is 6.03 Å². The summed E-state index contributed by atoms with van der Waals surface area (Å²) in [4.78, 5) is 20.2. The van der Waals surface area contributed by atoms with Crippen LogP contribution in [0.1, 0.15) is 29.4 Å². The third kappa shape index (κ3) is 3.97. The second kappa shape index (κ2) is 7.09. The van der Waals surface area contributed by atoms with Crippen LogP contribution in [-0.4, -0.2) is 29.2 Å². The number of ether oxygens (including phenoxy) is 1. The number of amides is 2. The second-order valence-corrected chi connectivity index (χ2v) is 5.53. The average Bonchev–Trinajstić information content (AvgIpc) is 2.58. The molecule has 0 aliphatic carbocycles. The lowest BCUT2D eigenvalue weighted by molar-refractivity contribution is 0.235. The first-order valence-electron chi connectivity index (χ1n) is 7.74. The van der Waals surface area contributed by atoms with Gasteiger partial charge in [-0.3, -0.25) is 0 Å². The lowest BCUT2D eigenvalue weighted by Gasteiger charge is -2.26. The van der Waals surface area contributed by atoms with E-state index in [-0.39, 0.29) is 11.9 Å². The van der Waals surface area contributed by atoms with Gasteiger partial charge in [-0.25, -0.2) is 14.8 Å². The molecule has 1 aliphatic heterocycles. The van der Waals surface area contributed by atoms with Crippen molar-refractivity contribution in [1.82, 2.24) is 20.6 Å². The topological polar surface area (TPSA) is 76.1 Å². The quantitative estimate of drug-likeness (QED) is 0.907. The normalized spacial score (nSPS) is 16.1. The van der Waals surface area contributed by atoms with Crippen molar-refractivity contribution >= 4 is 6.03 Å². The van der Waals surface area contributed by atoms with Crippen molar-refractivity contribution in [2.45, 2.75) is 25.8 Å². The minimum absolute atomic E-state index is 0.190. The van der Waals surface area contributed by atoms with Gasteiger partial charge in [0.25, 0.3) is 0 Å². The van der Waals surface area contributed by atoms with E-state index in [4.69, 9.17) is 4.74 Å². The number of hydrogen-bond donors (Lipinski definition) is 2. The third-order valence-corrected chi connectivity index (χ3v) is 3.86. The van der Waals surface area contributed by atoms with Crippen LogP contribution in [0, 0.1) is 6.92 Å². The summed E-state index contributed by atoms with van der Waals surface area (Å²) in [7, 11) is 0. The van der Waals surface area contributed by atoms with Crippen molar-refractivity contribution in [2.75, 3.05) is 13.2 Å². The van der Waals surface area contributed by atoms with Crippen molar-refractivity contribution in [3.63, 3.8) is 0 Å². The van der Waals surface area contributed by atoms with E-state index >= 15 is 0 Å². The Morgan fingerprint density at radius 2 is 2.17 bits per heavy atom. The summed E-state index contributed by atoms with van der Waals surface area (Å²) in [6.45, 7) is 3.49. The van der Waals surface area contributed by atoms with Gasteiger partial charge in [0.2, 0.25) is 0 Å². The second-order valence-electron chi connectivity index (χ2n) is 5.53. The fraction of sp³-hybridized carbons (Fsp3) is 0.353. The zero-order chi connectivity index (χ0) is 16.1. The van der Waals surface area contributed by atoms with Crippen molar-refractivity contribution < 1.29 is 9.53 Å². The maximum Gasteiger partial charge on any atom is 0.315 e. The van der Waals surface area contributed by atoms with Crippen LogP contribution in [0.4, 0.5) is 4.79 Å². The molecule has 0 fully saturated rings. The average molecular weight is 312 g/mol. The molecule has 1 aliphatic rings. The van der Waals surface area contributed by atoms with E-state index < -0.39 is 0 Å². The molecule has 0 bridgehead atoms. The van der Waals surface area contributed by atoms with Crippen LogP contribution in [0.2, 0.25) is 0 Å². The van der Waals surface area contributed by atoms with Gasteiger partial charge in [-0.15, -0.1) is 0 Å². The Morgan fingerprint density at radius 1 is 1.30 bits per heavy atom. The van der Waals surface area contributed by atoms with Gasteiger partial charge in [-0.1, -0.05) is 18.2 Å². The Hall–Kier alpha value is -2.63. The van der Waals surface area contributed by atoms with Gasteiger partial charge in [0.1, 0.15) is 11.6 Å². The molecule has 2 aromatic rings. The van der Waals surface area contributed by atoms with E-state index in [0.717, 1.165) is 23.4 Å². The molecule has 3 rings (SSSR count). The SMILES string of the molecule is Cc1nccc(CNC(=O)NC[C@@H]2CCOc3ccccc32)n1. The molecule has 1 aromatic heterocycles. The van der Waals surface area contributed by atoms with Crippen LogP contribution >= 0.6 is 0 Å². The summed E-state index contributed by atoms with van der Waals surface area (Å²) in [5.41, 5.74) is 1.95. The Labute approximate surface area is 135 Å². The summed E-state index contributed by atoms with van der Waals surface area (Å²) >= 11 is 0. The molecule has 23 heavy (non-hydrogen) atoms. The molecule has 6 nitrogen and oxygen atoms in total. The number of benzene rings is 1. The van der Waals surface area contributed by atoms with Crippen molar-refractivity contribution in [3.05, 3.63) is 53.6 Å². The Bertz CT molecular complexity index is 690. The monoisotopic (exact) mass is 312 g/mol. The molecular weight excluding hydrogens is 292 g/mol. The number of urea groups is 1. The van der Waals surface area contributed by atoms with Gasteiger partial charge in [-0.05, 0) is 31.0 Å². The maximum atomic E-state index is 12.0. The van der Waals surface area contributed by atoms with E-state index in [1.165, 1.54) is 0 Å². The van der Waals surface area contributed by atoms with E-state index in [2.05, 4.69) is 26.7 Å². The molecule has 1 atom stereocenters. The number of rotatable bonds is 4. The van der Waals surface area contributed by atoms with Crippen molar-refractivity contribution in [3.8, 4) is 5.75 Å². The maximum absolute atomic E-state index is 12.0. The smallest absolute Gasteiger partial charge is 0.315 e. The Balaban J connectivity index is 1.50. The van der Waals surface area contributed by atoms with E-state index in [1.54, 1.807) is 12.3 Å². The van der Waals surface area contributed by atoms with Crippen LogP contribution in [-0.2, 0) is 6.54 Å². The van der Waals surface area contributed by atoms with Gasteiger partial charge in [-0.2, -0.15) is 0 Å². The zero-order valence-corrected chi connectivity index (χ0v) is 13.1. The lowest BCUT2D eigenvalue weighted by atomic mass is 9.93. The molecule has 2 amide bonds. The Kier molecular flexibility index (Phi) is 4.71. The molecule has 0 unspecified atom stereocenters. The summed E-state index contributed by atoms with van der Waals surface area (Å²) < 4.78 is 5.63. The predicted molar refractivity (Wildman–Crippen MR) is 86.3 cm³/mol. The molecule has 1 aromatic carbocycles. The molecule has 6 heteroatoms. The zero-order valence-electron chi connectivity index (χ0n) is 13.1. The molecule has 2 heterocycles. The lowest BCUT2D eigenvalue weighted by Crippen LogP contribution is -2.38. The highest BCUT2D eigenvalue weighted by Crippen LogP contribution is 2.32. The largest absolute Gasteiger partial charge is 0.493 e. The number of carbonyl (C=O) groups excluding carboxylic acids is 1. The van der Waals surface area contributed by atoms with Gasteiger partial charge < -0.3 is 15.4 Å². The van der Waals surface area contributed by atoms with Crippen molar-refractivity contribution in [1.29, 1.82) is 0 Å². The highest BCUT2D eigenvalue weighted by molar-refractivity contribution is 5.73. The van der Waals surface area contributed by atoms with E-state index in [9.17, 15) is 4.79 Å². The number of hydrogen-bond acceptors (Lipinski definition) is 4. The van der Waals surface area contributed by atoms with Gasteiger partial charge in [0.05, 0.1) is 18.8 Å². The van der Waals surface area contributed by atoms with Crippen LogP contribution in [0.3, 0.4) is 0 Å². The number of nitrogens with zero attached hydrogens (tertiary/aromatic N) is 2. The highest BCUT2D eigenvalue weighted by Gasteiger charge is 2.21. The van der Waals surface area contributed by atoms with E-state index in [1.807, 2.05) is 25.1 Å². The number of para-hydroxylation sites is 1. The standard InChI is InChI=1S/C17H20N4O2/c1-12-18-8-6-14(21-12)11-20-17(22)19-10-13-7-9-23-16-5-3-2-4-15(13)16/h2-6,8,13H,7,9-11H2,1H3,(H2,19,20,22)/t13-/m0/s1. The van der Waals surface area contributed by atoms with Crippen LogP contribution < -0.4 is 15.4 Å². The first-order valence-corrected chi connectivity index (χ1v) is 7.74. The van der Waals surface area contributed by atoms with Gasteiger partial charge in [0.15, 0.2) is 0 Å². The first kappa shape index (κ1) is 15.3. The fourth-order valence-electron chi connectivity index (χ4n) is 2.68. The molecule has 0 spiro atoms. The number of fused-ring (bicyclic) bond motifs is 1. The Morgan fingerprint density at radius 3 is 3.04 bits per heavy atom. The fourth-order valence-corrected chi connectivity index (χ4v) is 2.68. The summed E-state index contributed by atoms with van der Waals surface area (Å²) in [6.07, 6.45) is 2.60. The van der Waals surface area contributed by atoms with Crippen LogP contribution in [0.5, 0.6) is 5.75 Å². The number of nitrogens with one attached hydrogen (secondary N) is 2. The number of aryl methyl sites for hydroxylation is 1. The molecule has 2 N–H and O–H groups in total. The first-order chi connectivity index (χ1) is 11.2. The number of aromatic nitrogens is 2. The molecule has 120 valence electrons. The summed E-state index contributed by atoms with van der Waals surface area (Å²) in [5, 5.41) is 5.75. The highest BCUT2D eigenvalue weighted by atomic mass is 16.5. The third-order valence-electron chi connectivity index (χ3n) is 3.86. The summed E-state index contributed by atoms with van der Waals surface area (Å²) in [5.74, 6) is 1.90. The predicted octanol–water partition coefficient (Wildman–Crippen LogP) is 2.15. The molecule has 0 saturated heterocycles. The van der Waals surface area contributed by atoms with Crippen LogP contribution in [0.15, 0.2) is 36.5 Å². The van der Waals surface area contributed by atoms with E-state index in [0.29, 0.717) is 25.5 Å². The number of carbonyl (C=O) groups is 1. The van der Waals surface area contributed by atoms with Crippen molar-refractivity contribution in [2.24, 2.45) is 0 Å². The minimum atomic E-state index is -0.190.